The van der Waals surface area contributed by atoms with Gasteiger partial charge in [-0.3, -0.25) is 10.1 Å². The monoisotopic (exact) mass is 261 g/mol. The van der Waals surface area contributed by atoms with Crippen molar-refractivity contribution in [1.82, 2.24) is 15.1 Å². The lowest BCUT2D eigenvalue weighted by molar-refractivity contribution is -0.130. The van der Waals surface area contributed by atoms with Crippen LogP contribution in [0, 0.1) is 0 Å². The molecule has 1 aliphatic heterocycles. The molecule has 1 saturated heterocycles. The Bertz CT molecular complexity index is 421. The second kappa shape index (κ2) is 6.17. The Balaban J connectivity index is 2.02. The number of nitrogens with one attached hydrogen (secondary N) is 1. The first-order chi connectivity index (χ1) is 9.13. The zero-order chi connectivity index (χ0) is 13.8. The van der Waals surface area contributed by atoms with E-state index in [1.54, 1.807) is 0 Å². The molecule has 0 saturated carbocycles. The largest absolute Gasteiger partial charge is 0.324 e. The number of hydrogen-bond donors (Lipinski definition) is 1. The van der Waals surface area contributed by atoms with E-state index in [1.165, 1.54) is 0 Å². The highest BCUT2D eigenvalue weighted by molar-refractivity contribution is 5.85. The van der Waals surface area contributed by atoms with Crippen LogP contribution in [0.25, 0.3) is 0 Å². The summed E-state index contributed by atoms with van der Waals surface area (Å²) in [6, 6.07) is 9.74. The van der Waals surface area contributed by atoms with Crippen LogP contribution in [-0.2, 0) is 4.79 Å². The first-order valence-electron chi connectivity index (χ1n) is 6.93. The van der Waals surface area contributed by atoms with Crippen molar-refractivity contribution < 1.29 is 4.79 Å². The van der Waals surface area contributed by atoms with Gasteiger partial charge in [-0.05, 0) is 26.1 Å². The van der Waals surface area contributed by atoms with Crippen LogP contribution < -0.4 is 5.32 Å². The minimum Gasteiger partial charge on any atom is -0.324 e. The Morgan fingerprint density at radius 1 is 1.32 bits per heavy atom. The Morgan fingerprint density at radius 3 is 2.63 bits per heavy atom. The molecule has 1 heterocycles. The molecule has 104 valence electrons. The van der Waals surface area contributed by atoms with Crippen molar-refractivity contribution >= 4 is 5.91 Å². The topological polar surface area (TPSA) is 35.6 Å². The third-order valence-corrected chi connectivity index (χ3v) is 3.80. The van der Waals surface area contributed by atoms with Gasteiger partial charge in [0.1, 0.15) is 6.04 Å². The van der Waals surface area contributed by atoms with Crippen molar-refractivity contribution in [3.63, 3.8) is 0 Å². The number of carbonyl (C=O) groups is 1. The molecule has 19 heavy (non-hydrogen) atoms. The molecule has 2 atom stereocenters. The number of benzene rings is 1. The summed E-state index contributed by atoms with van der Waals surface area (Å²) < 4.78 is 0. The Kier molecular flexibility index (Phi) is 4.56. The van der Waals surface area contributed by atoms with E-state index >= 15 is 0 Å². The fourth-order valence-corrected chi connectivity index (χ4v) is 2.38. The second-order valence-electron chi connectivity index (χ2n) is 5.11. The van der Waals surface area contributed by atoms with Crippen molar-refractivity contribution in [2.75, 3.05) is 26.7 Å². The van der Waals surface area contributed by atoms with Crippen LogP contribution >= 0.6 is 0 Å². The maximum Gasteiger partial charge on any atom is 0.245 e. The first kappa shape index (κ1) is 14.0. The number of nitrogens with zero attached hydrogens (tertiary/aromatic N) is 2. The predicted octanol–water partition coefficient (Wildman–Crippen LogP) is 1.46. The highest BCUT2D eigenvalue weighted by atomic mass is 16.2. The van der Waals surface area contributed by atoms with Crippen molar-refractivity contribution in [3.05, 3.63) is 35.9 Å². The van der Waals surface area contributed by atoms with Gasteiger partial charge in [0.2, 0.25) is 5.91 Å². The van der Waals surface area contributed by atoms with Gasteiger partial charge in [-0.2, -0.15) is 0 Å². The zero-order valence-corrected chi connectivity index (χ0v) is 12.0. The van der Waals surface area contributed by atoms with Crippen molar-refractivity contribution in [2.45, 2.75) is 26.1 Å². The molecule has 0 aliphatic carbocycles. The SMILES string of the molecule is CCN(C)CCN1C(=O)C(c2ccccc2)NC1C. The number of carbonyl (C=O) groups excluding carboxylic acids is 1. The molecule has 1 N–H and O–H groups in total. The van der Waals surface area contributed by atoms with Gasteiger partial charge in [0, 0.05) is 13.1 Å². The van der Waals surface area contributed by atoms with Gasteiger partial charge in [0.15, 0.2) is 0 Å². The summed E-state index contributed by atoms with van der Waals surface area (Å²) >= 11 is 0. The Morgan fingerprint density at radius 2 is 2.00 bits per heavy atom. The van der Waals surface area contributed by atoms with E-state index in [0.717, 1.165) is 25.2 Å². The summed E-state index contributed by atoms with van der Waals surface area (Å²) in [5.74, 6) is 0.184. The molecule has 0 spiro atoms. The molecule has 2 unspecified atom stereocenters. The maximum absolute atomic E-state index is 12.5. The minimum atomic E-state index is -0.192. The Hall–Kier alpha value is -1.39. The molecule has 1 aromatic carbocycles. The lowest BCUT2D eigenvalue weighted by Gasteiger charge is -2.23. The molecule has 4 nitrogen and oxygen atoms in total. The summed E-state index contributed by atoms with van der Waals surface area (Å²) in [4.78, 5) is 16.6. The minimum absolute atomic E-state index is 0.1000. The molecular weight excluding hydrogens is 238 g/mol. The standard InChI is InChI=1S/C15H23N3O/c1-4-17(3)10-11-18-12(2)16-14(15(18)19)13-8-6-5-7-9-13/h5-9,12,14,16H,4,10-11H2,1-3H3. The number of amides is 1. The van der Waals surface area contributed by atoms with Gasteiger partial charge < -0.3 is 9.80 Å². The third-order valence-electron chi connectivity index (χ3n) is 3.80. The van der Waals surface area contributed by atoms with E-state index in [4.69, 9.17) is 0 Å². The van der Waals surface area contributed by atoms with Crippen LogP contribution in [0.4, 0.5) is 0 Å². The van der Waals surface area contributed by atoms with Crippen LogP contribution in [0.1, 0.15) is 25.5 Å². The smallest absolute Gasteiger partial charge is 0.245 e. The maximum atomic E-state index is 12.5. The summed E-state index contributed by atoms with van der Waals surface area (Å²) in [5.41, 5.74) is 1.05. The normalized spacial score (nSPS) is 23.4. The van der Waals surface area contributed by atoms with E-state index in [-0.39, 0.29) is 18.1 Å². The molecule has 1 aromatic rings. The Labute approximate surface area is 115 Å². The van der Waals surface area contributed by atoms with Gasteiger partial charge >= 0.3 is 0 Å². The molecule has 0 aromatic heterocycles. The van der Waals surface area contributed by atoms with Crippen molar-refractivity contribution in [2.24, 2.45) is 0 Å². The average molecular weight is 261 g/mol. The summed E-state index contributed by atoms with van der Waals surface area (Å²) in [7, 11) is 2.08. The summed E-state index contributed by atoms with van der Waals surface area (Å²) in [6.07, 6.45) is 0.1000. The third kappa shape index (κ3) is 3.14. The fourth-order valence-electron chi connectivity index (χ4n) is 2.38. The van der Waals surface area contributed by atoms with E-state index in [1.807, 2.05) is 42.2 Å². The van der Waals surface area contributed by atoms with Crippen LogP contribution in [0.15, 0.2) is 30.3 Å². The highest BCUT2D eigenvalue weighted by Crippen LogP contribution is 2.23. The highest BCUT2D eigenvalue weighted by Gasteiger charge is 2.36. The quantitative estimate of drug-likeness (QED) is 0.871. The van der Waals surface area contributed by atoms with E-state index in [2.05, 4.69) is 24.2 Å². The second-order valence-corrected chi connectivity index (χ2v) is 5.11. The van der Waals surface area contributed by atoms with Gasteiger partial charge in [-0.25, -0.2) is 0 Å². The average Bonchev–Trinajstić information content (AvgIpc) is 2.72. The number of rotatable bonds is 5. The lowest BCUT2D eigenvalue weighted by Crippen LogP contribution is -2.39. The summed E-state index contributed by atoms with van der Waals surface area (Å²) in [5, 5.41) is 3.37. The molecule has 0 bridgehead atoms. The van der Waals surface area contributed by atoms with Crippen molar-refractivity contribution in [1.29, 1.82) is 0 Å². The lowest BCUT2D eigenvalue weighted by atomic mass is 10.1. The van der Waals surface area contributed by atoms with Crippen molar-refractivity contribution in [3.8, 4) is 0 Å². The molecule has 0 radical (unpaired) electrons. The molecular formula is C15H23N3O. The molecule has 1 amide bonds. The zero-order valence-electron chi connectivity index (χ0n) is 12.0. The van der Waals surface area contributed by atoms with Crippen LogP contribution in [-0.4, -0.2) is 48.6 Å². The fraction of sp³-hybridized carbons (Fsp3) is 0.533. The number of hydrogen-bond acceptors (Lipinski definition) is 3. The van der Waals surface area contributed by atoms with Gasteiger partial charge in [0.05, 0.1) is 6.17 Å². The van der Waals surface area contributed by atoms with E-state index in [9.17, 15) is 4.79 Å². The van der Waals surface area contributed by atoms with E-state index in [0.29, 0.717) is 0 Å². The molecule has 1 aliphatic rings. The predicted molar refractivity (Wildman–Crippen MR) is 76.7 cm³/mol. The molecule has 2 rings (SSSR count). The van der Waals surface area contributed by atoms with Gasteiger partial charge in [-0.1, -0.05) is 37.3 Å². The number of likely N-dealkylation sites (N-methyl/N-ethyl adjacent to an activating group) is 1. The van der Waals surface area contributed by atoms with Gasteiger partial charge in [0.25, 0.3) is 0 Å². The van der Waals surface area contributed by atoms with E-state index < -0.39 is 0 Å². The van der Waals surface area contributed by atoms with Crippen LogP contribution in [0.5, 0.6) is 0 Å². The van der Waals surface area contributed by atoms with Crippen LogP contribution in [0.2, 0.25) is 0 Å². The first-order valence-corrected chi connectivity index (χ1v) is 6.93. The van der Waals surface area contributed by atoms with Crippen LogP contribution in [0.3, 0.4) is 0 Å². The summed E-state index contributed by atoms with van der Waals surface area (Å²) in [6.45, 7) is 6.87. The van der Waals surface area contributed by atoms with Gasteiger partial charge in [-0.15, -0.1) is 0 Å². The molecule has 4 heteroatoms. The molecule has 1 fully saturated rings.